The summed E-state index contributed by atoms with van der Waals surface area (Å²) in [5, 5.41) is 2.86. The first-order valence-corrected chi connectivity index (χ1v) is 9.40. The monoisotopic (exact) mass is 382 g/mol. The summed E-state index contributed by atoms with van der Waals surface area (Å²) in [6.45, 7) is 5.22. The lowest BCUT2D eigenvalue weighted by molar-refractivity contribution is -0.126. The number of nitrogens with one attached hydrogen (secondary N) is 1. The van der Waals surface area contributed by atoms with E-state index in [1.165, 1.54) is 5.56 Å². The number of benzene rings is 2. The molecular weight excluding hydrogens is 356 g/mol. The number of aryl methyl sites for hydroxylation is 2. The Hall–Kier alpha value is -3.02. The Morgan fingerprint density at radius 2 is 1.82 bits per heavy atom. The average molecular weight is 382 g/mol. The van der Waals surface area contributed by atoms with Crippen LogP contribution in [0.2, 0.25) is 0 Å². The van der Waals surface area contributed by atoms with Gasteiger partial charge < -0.3 is 19.7 Å². The number of rotatable bonds is 7. The maximum Gasteiger partial charge on any atom is 0.227 e. The molecule has 0 bridgehead atoms. The lowest BCUT2D eigenvalue weighted by Crippen LogP contribution is -2.35. The largest absolute Gasteiger partial charge is 0.497 e. The van der Waals surface area contributed by atoms with Crippen molar-refractivity contribution in [2.75, 3.05) is 31.7 Å². The SMILES string of the molecule is COc1ccc(OCCNC(=O)C2CC(=O)N(c3ccc(C)c(C)c3)C2)cc1. The van der Waals surface area contributed by atoms with E-state index in [1.54, 1.807) is 12.0 Å². The molecule has 28 heavy (non-hydrogen) atoms. The lowest BCUT2D eigenvalue weighted by atomic mass is 10.1. The molecule has 1 heterocycles. The minimum atomic E-state index is -0.338. The second-order valence-corrected chi connectivity index (χ2v) is 6.99. The summed E-state index contributed by atoms with van der Waals surface area (Å²) in [5.74, 6) is 1.01. The number of methoxy groups -OCH3 is 1. The molecule has 0 spiro atoms. The van der Waals surface area contributed by atoms with Gasteiger partial charge in [-0.2, -0.15) is 0 Å². The van der Waals surface area contributed by atoms with Crippen molar-refractivity contribution in [1.29, 1.82) is 0 Å². The van der Waals surface area contributed by atoms with E-state index < -0.39 is 0 Å². The highest BCUT2D eigenvalue weighted by atomic mass is 16.5. The van der Waals surface area contributed by atoms with Crippen molar-refractivity contribution in [3.63, 3.8) is 0 Å². The Kier molecular flexibility index (Phi) is 6.19. The summed E-state index contributed by atoms with van der Waals surface area (Å²) in [5.41, 5.74) is 3.17. The first-order valence-electron chi connectivity index (χ1n) is 9.40. The molecule has 1 aliphatic rings. The van der Waals surface area contributed by atoms with Gasteiger partial charge in [-0.1, -0.05) is 6.07 Å². The Balaban J connectivity index is 1.47. The summed E-state index contributed by atoms with van der Waals surface area (Å²) in [6.07, 6.45) is 0.234. The van der Waals surface area contributed by atoms with Gasteiger partial charge in [0, 0.05) is 18.7 Å². The van der Waals surface area contributed by atoms with E-state index in [0.717, 1.165) is 17.0 Å². The Labute approximate surface area is 165 Å². The van der Waals surface area contributed by atoms with Gasteiger partial charge in [0.1, 0.15) is 18.1 Å². The molecule has 1 saturated heterocycles. The number of ether oxygens (including phenoxy) is 2. The molecule has 6 nitrogen and oxygen atoms in total. The van der Waals surface area contributed by atoms with Crippen LogP contribution in [0.5, 0.6) is 11.5 Å². The van der Waals surface area contributed by atoms with Gasteiger partial charge in [0.05, 0.1) is 19.6 Å². The lowest BCUT2D eigenvalue weighted by Gasteiger charge is -2.18. The van der Waals surface area contributed by atoms with Crippen molar-refractivity contribution in [1.82, 2.24) is 5.32 Å². The molecule has 1 atom stereocenters. The Bertz CT molecular complexity index is 848. The number of carbonyl (C=O) groups excluding carboxylic acids is 2. The molecule has 3 rings (SSSR count). The van der Waals surface area contributed by atoms with Gasteiger partial charge in [-0.25, -0.2) is 0 Å². The predicted molar refractivity (Wildman–Crippen MR) is 108 cm³/mol. The van der Waals surface area contributed by atoms with E-state index in [4.69, 9.17) is 9.47 Å². The molecule has 0 aromatic heterocycles. The van der Waals surface area contributed by atoms with Crippen molar-refractivity contribution in [3.05, 3.63) is 53.6 Å². The van der Waals surface area contributed by atoms with Crippen LogP contribution in [0.1, 0.15) is 17.5 Å². The maximum atomic E-state index is 12.4. The summed E-state index contributed by atoms with van der Waals surface area (Å²) in [4.78, 5) is 26.5. The molecule has 1 N–H and O–H groups in total. The number of nitrogens with zero attached hydrogens (tertiary/aromatic N) is 1. The fourth-order valence-corrected chi connectivity index (χ4v) is 3.19. The third-order valence-corrected chi connectivity index (χ3v) is 5.03. The van der Waals surface area contributed by atoms with Crippen molar-refractivity contribution in [2.24, 2.45) is 5.92 Å². The Morgan fingerprint density at radius 1 is 1.11 bits per heavy atom. The molecule has 0 saturated carbocycles. The van der Waals surface area contributed by atoms with Crippen molar-refractivity contribution in [3.8, 4) is 11.5 Å². The van der Waals surface area contributed by atoms with Gasteiger partial charge in [0.25, 0.3) is 0 Å². The van der Waals surface area contributed by atoms with Crippen LogP contribution in [0.15, 0.2) is 42.5 Å². The molecule has 0 radical (unpaired) electrons. The van der Waals surface area contributed by atoms with Gasteiger partial charge in [-0.05, 0) is 61.4 Å². The molecule has 1 unspecified atom stereocenters. The van der Waals surface area contributed by atoms with Crippen LogP contribution in [-0.4, -0.2) is 38.6 Å². The number of hydrogen-bond donors (Lipinski definition) is 1. The zero-order valence-electron chi connectivity index (χ0n) is 16.5. The van der Waals surface area contributed by atoms with Crippen LogP contribution in [0.4, 0.5) is 5.69 Å². The van der Waals surface area contributed by atoms with E-state index in [2.05, 4.69) is 5.32 Å². The summed E-state index contributed by atoms with van der Waals surface area (Å²) in [6, 6.07) is 13.2. The van der Waals surface area contributed by atoms with Crippen LogP contribution in [0, 0.1) is 19.8 Å². The fraction of sp³-hybridized carbons (Fsp3) is 0.364. The summed E-state index contributed by atoms with van der Waals surface area (Å²) >= 11 is 0. The second kappa shape index (κ2) is 8.78. The van der Waals surface area contributed by atoms with Gasteiger partial charge in [-0.15, -0.1) is 0 Å². The second-order valence-electron chi connectivity index (χ2n) is 6.99. The molecule has 1 aliphatic heterocycles. The van der Waals surface area contributed by atoms with Crippen LogP contribution in [0.3, 0.4) is 0 Å². The minimum absolute atomic E-state index is 0.0158. The van der Waals surface area contributed by atoms with Crippen molar-refractivity contribution < 1.29 is 19.1 Å². The predicted octanol–water partition coefficient (Wildman–Crippen LogP) is 2.86. The number of anilines is 1. The third-order valence-electron chi connectivity index (χ3n) is 5.03. The zero-order chi connectivity index (χ0) is 20.1. The topological polar surface area (TPSA) is 67.9 Å². The highest BCUT2D eigenvalue weighted by molar-refractivity contribution is 6.00. The van der Waals surface area contributed by atoms with E-state index >= 15 is 0 Å². The van der Waals surface area contributed by atoms with Gasteiger partial charge in [-0.3, -0.25) is 9.59 Å². The molecule has 0 aliphatic carbocycles. The molecule has 1 fully saturated rings. The molecule has 2 aromatic rings. The smallest absolute Gasteiger partial charge is 0.227 e. The number of carbonyl (C=O) groups is 2. The average Bonchev–Trinajstić information content (AvgIpc) is 3.09. The quantitative estimate of drug-likeness (QED) is 0.748. The molecular formula is C22H26N2O4. The van der Waals surface area contributed by atoms with Crippen LogP contribution >= 0.6 is 0 Å². The van der Waals surface area contributed by atoms with E-state index in [1.807, 2.05) is 56.3 Å². The zero-order valence-corrected chi connectivity index (χ0v) is 16.5. The molecule has 2 aromatic carbocycles. The van der Waals surface area contributed by atoms with Crippen LogP contribution in [0.25, 0.3) is 0 Å². The van der Waals surface area contributed by atoms with Gasteiger partial charge in [0.15, 0.2) is 0 Å². The van der Waals surface area contributed by atoms with E-state index in [9.17, 15) is 9.59 Å². The number of hydrogen-bond acceptors (Lipinski definition) is 4. The van der Waals surface area contributed by atoms with Crippen molar-refractivity contribution in [2.45, 2.75) is 20.3 Å². The molecule has 148 valence electrons. The van der Waals surface area contributed by atoms with Crippen molar-refractivity contribution >= 4 is 17.5 Å². The van der Waals surface area contributed by atoms with Gasteiger partial charge >= 0.3 is 0 Å². The first-order chi connectivity index (χ1) is 13.5. The van der Waals surface area contributed by atoms with E-state index in [-0.39, 0.29) is 24.2 Å². The fourth-order valence-electron chi connectivity index (χ4n) is 3.19. The number of amides is 2. The summed E-state index contributed by atoms with van der Waals surface area (Å²) < 4.78 is 10.7. The van der Waals surface area contributed by atoms with Gasteiger partial charge in [0.2, 0.25) is 11.8 Å². The molecule has 2 amide bonds. The summed E-state index contributed by atoms with van der Waals surface area (Å²) in [7, 11) is 1.61. The van der Waals surface area contributed by atoms with Crippen LogP contribution in [-0.2, 0) is 9.59 Å². The Morgan fingerprint density at radius 3 is 2.50 bits per heavy atom. The minimum Gasteiger partial charge on any atom is -0.497 e. The maximum absolute atomic E-state index is 12.4. The highest BCUT2D eigenvalue weighted by Crippen LogP contribution is 2.27. The molecule has 6 heteroatoms. The normalized spacial score (nSPS) is 16.2. The van der Waals surface area contributed by atoms with E-state index in [0.29, 0.717) is 25.4 Å². The standard InChI is InChI=1S/C22H26N2O4/c1-15-4-5-18(12-16(15)2)24-14-17(13-21(24)25)22(26)23-10-11-28-20-8-6-19(27-3)7-9-20/h4-9,12,17H,10-11,13-14H2,1-3H3,(H,23,26). The highest BCUT2D eigenvalue weighted by Gasteiger charge is 2.35. The van der Waals surface area contributed by atoms with Crippen LogP contribution < -0.4 is 19.7 Å². The first kappa shape index (κ1) is 19.7. The third kappa shape index (κ3) is 4.63.